The lowest BCUT2D eigenvalue weighted by atomic mass is 10.1. The molecule has 0 unspecified atom stereocenters. The maximum atomic E-state index is 11.9. The van der Waals surface area contributed by atoms with Crippen molar-refractivity contribution in [3.8, 4) is 5.75 Å². The van der Waals surface area contributed by atoms with E-state index in [2.05, 4.69) is 10.6 Å². The average molecular weight is 295 g/mol. The Morgan fingerprint density at radius 1 is 1.29 bits per heavy atom. The summed E-state index contributed by atoms with van der Waals surface area (Å²) in [4.78, 5) is 24.6. The maximum Gasteiger partial charge on any atom is 0.326 e. The lowest BCUT2D eigenvalue weighted by Gasteiger charge is -2.21. The number of aromatic hydroxyl groups is 1. The van der Waals surface area contributed by atoms with Crippen molar-refractivity contribution in [3.63, 3.8) is 0 Å². The number of rotatable bonds is 7. The van der Waals surface area contributed by atoms with E-state index in [0.717, 1.165) is 5.56 Å². The van der Waals surface area contributed by atoms with Gasteiger partial charge in [0.1, 0.15) is 11.8 Å². The smallest absolute Gasteiger partial charge is 0.326 e. The Kier molecular flexibility index (Phi) is 6.48. The number of likely N-dealkylation sites (N-methyl/N-ethyl adjacent to an activating group) is 2. The van der Waals surface area contributed by atoms with E-state index in [-0.39, 0.29) is 12.2 Å². The molecule has 0 radical (unpaired) electrons. The molecule has 0 aliphatic carbocycles. The first kappa shape index (κ1) is 16.8. The van der Waals surface area contributed by atoms with Crippen LogP contribution in [0, 0.1) is 0 Å². The molecule has 21 heavy (non-hydrogen) atoms. The van der Waals surface area contributed by atoms with Gasteiger partial charge in [-0.05, 0) is 24.7 Å². The first-order chi connectivity index (χ1) is 9.93. The SMILES string of the molecule is CNCCN(C)C(=O)N[C@H](Cc1ccc(O)cc1)C(=O)O. The van der Waals surface area contributed by atoms with E-state index < -0.39 is 18.0 Å². The zero-order valence-corrected chi connectivity index (χ0v) is 12.2. The number of nitrogens with one attached hydrogen (secondary N) is 2. The first-order valence-electron chi connectivity index (χ1n) is 6.61. The Hall–Kier alpha value is -2.28. The molecular formula is C14H21N3O4. The fourth-order valence-electron chi connectivity index (χ4n) is 1.71. The van der Waals surface area contributed by atoms with Gasteiger partial charge in [0.25, 0.3) is 0 Å². The van der Waals surface area contributed by atoms with E-state index in [4.69, 9.17) is 0 Å². The molecule has 0 saturated heterocycles. The van der Waals surface area contributed by atoms with Crippen molar-refractivity contribution in [2.75, 3.05) is 27.2 Å². The van der Waals surface area contributed by atoms with E-state index in [9.17, 15) is 19.8 Å². The summed E-state index contributed by atoms with van der Waals surface area (Å²) in [6.45, 7) is 1.10. The third-order valence-corrected chi connectivity index (χ3v) is 3.02. The fourth-order valence-corrected chi connectivity index (χ4v) is 1.71. The number of hydrogen-bond donors (Lipinski definition) is 4. The molecule has 2 amide bonds. The van der Waals surface area contributed by atoms with Crippen LogP contribution in [-0.2, 0) is 11.2 Å². The van der Waals surface area contributed by atoms with Crippen LogP contribution in [0.3, 0.4) is 0 Å². The summed E-state index contributed by atoms with van der Waals surface area (Å²) in [7, 11) is 3.38. The molecule has 0 heterocycles. The number of phenols is 1. The molecule has 7 nitrogen and oxygen atoms in total. The second-order valence-corrected chi connectivity index (χ2v) is 4.74. The first-order valence-corrected chi connectivity index (χ1v) is 6.61. The molecule has 0 bridgehead atoms. The van der Waals surface area contributed by atoms with Gasteiger partial charge in [0, 0.05) is 26.6 Å². The number of urea groups is 1. The predicted molar refractivity (Wildman–Crippen MR) is 78.3 cm³/mol. The molecule has 0 aliphatic rings. The molecule has 116 valence electrons. The monoisotopic (exact) mass is 295 g/mol. The van der Waals surface area contributed by atoms with Gasteiger partial charge in [0.15, 0.2) is 0 Å². The molecule has 0 aromatic heterocycles. The van der Waals surface area contributed by atoms with Crippen LogP contribution in [0.2, 0.25) is 0 Å². The summed E-state index contributed by atoms with van der Waals surface area (Å²) < 4.78 is 0. The van der Waals surface area contributed by atoms with Crippen molar-refractivity contribution in [2.24, 2.45) is 0 Å². The van der Waals surface area contributed by atoms with Gasteiger partial charge in [-0.25, -0.2) is 9.59 Å². The third kappa shape index (κ3) is 5.70. The van der Waals surface area contributed by atoms with Crippen molar-refractivity contribution in [1.82, 2.24) is 15.5 Å². The number of carboxylic acid groups (broad SMARTS) is 1. The van der Waals surface area contributed by atoms with E-state index >= 15 is 0 Å². The Labute approximate surface area is 123 Å². The summed E-state index contributed by atoms with van der Waals surface area (Å²) >= 11 is 0. The summed E-state index contributed by atoms with van der Waals surface area (Å²) in [6.07, 6.45) is 0.154. The summed E-state index contributed by atoms with van der Waals surface area (Å²) in [5, 5.41) is 23.8. The second-order valence-electron chi connectivity index (χ2n) is 4.74. The van der Waals surface area contributed by atoms with Crippen molar-refractivity contribution in [2.45, 2.75) is 12.5 Å². The molecule has 0 spiro atoms. The number of nitrogens with zero attached hydrogens (tertiary/aromatic N) is 1. The molecule has 0 saturated carbocycles. The fraction of sp³-hybridized carbons (Fsp3) is 0.429. The minimum absolute atomic E-state index is 0.112. The largest absolute Gasteiger partial charge is 0.508 e. The molecule has 0 aliphatic heterocycles. The number of carbonyl (C=O) groups excluding carboxylic acids is 1. The Morgan fingerprint density at radius 2 is 1.90 bits per heavy atom. The van der Waals surface area contributed by atoms with Crippen LogP contribution in [0.25, 0.3) is 0 Å². The highest BCUT2D eigenvalue weighted by atomic mass is 16.4. The van der Waals surface area contributed by atoms with Crippen molar-refractivity contribution >= 4 is 12.0 Å². The van der Waals surface area contributed by atoms with Crippen molar-refractivity contribution in [3.05, 3.63) is 29.8 Å². The molecule has 1 atom stereocenters. The van der Waals surface area contributed by atoms with Crippen molar-refractivity contribution < 1.29 is 19.8 Å². The highest BCUT2D eigenvalue weighted by Gasteiger charge is 2.22. The molecule has 7 heteroatoms. The number of amides is 2. The number of carboxylic acids is 1. The van der Waals surface area contributed by atoms with Crippen LogP contribution in [-0.4, -0.2) is 60.3 Å². The number of carbonyl (C=O) groups is 2. The Balaban J connectivity index is 2.63. The molecule has 1 rings (SSSR count). The zero-order chi connectivity index (χ0) is 15.8. The van der Waals surface area contributed by atoms with Gasteiger partial charge in [-0.3, -0.25) is 0 Å². The quantitative estimate of drug-likeness (QED) is 0.577. The van der Waals surface area contributed by atoms with Gasteiger partial charge in [0.2, 0.25) is 0 Å². The lowest BCUT2D eigenvalue weighted by molar-refractivity contribution is -0.139. The zero-order valence-electron chi connectivity index (χ0n) is 12.2. The van der Waals surface area contributed by atoms with Crippen molar-refractivity contribution in [1.29, 1.82) is 0 Å². The van der Waals surface area contributed by atoms with Crippen LogP contribution >= 0.6 is 0 Å². The highest BCUT2D eigenvalue weighted by molar-refractivity contribution is 5.82. The number of phenolic OH excluding ortho intramolecular Hbond substituents is 1. The van der Waals surface area contributed by atoms with Crippen LogP contribution < -0.4 is 10.6 Å². The van der Waals surface area contributed by atoms with Crippen LogP contribution in [0.15, 0.2) is 24.3 Å². The predicted octanol–water partition coefficient (Wildman–Crippen LogP) is 0.249. The van der Waals surface area contributed by atoms with E-state index in [1.807, 2.05) is 0 Å². The van der Waals surface area contributed by atoms with Crippen LogP contribution in [0.5, 0.6) is 5.75 Å². The van der Waals surface area contributed by atoms with Gasteiger partial charge in [-0.1, -0.05) is 12.1 Å². The van der Waals surface area contributed by atoms with Crippen LogP contribution in [0.4, 0.5) is 4.79 Å². The Bertz CT molecular complexity index is 476. The van der Waals surface area contributed by atoms with Crippen LogP contribution in [0.1, 0.15) is 5.56 Å². The molecule has 0 fully saturated rings. The maximum absolute atomic E-state index is 11.9. The van der Waals surface area contributed by atoms with Gasteiger partial charge in [-0.15, -0.1) is 0 Å². The summed E-state index contributed by atoms with van der Waals surface area (Å²) in [6, 6.07) is 4.77. The van der Waals surface area contributed by atoms with E-state index in [1.54, 1.807) is 26.2 Å². The average Bonchev–Trinajstić information content (AvgIpc) is 2.45. The topological polar surface area (TPSA) is 102 Å². The number of hydrogen-bond acceptors (Lipinski definition) is 4. The minimum Gasteiger partial charge on any atom is -0.508 e. The standard InChI is InChI=1S/C14H21N3O4/c1-15-7-8-17(2)14(21)16-12(13(19)20)9-10-3-5-11(18)6-4-10/h3-6,12,15,18H,7-9H2,1-2H3,(H,16,21)(H,19,20)/t12-/m1/s1. The normalized spacial score (nSPS) is 11.7. The lowest BCUT2D eigenvalue weighted by Crippen LogP contribution is -2.48. The number of aliphatic carboxylic acids is 1. The van der Waals surface area contributed by atoms with E-state index in [0.29, 0.717) is 13.1 Å². The summed E-state index contributed by atoms with van der Waals surface area (Å²) in [5.74, 6) is -0.986. The number of benzene rings is 1. The van der Waals surface area contributed by atoms with E-state index in [1.165, 1.54) is 17.0 Å². The molecular weight excluding hydrogens is 274 g/mol. The third-order valence-electron chi connectivity index (χ3n) is 3.02. The molecule has 1 aromatic rings. The summed E-state index contributed by atoms with van der Waals surface area (Å²) in [5.41, 5.74) is 0.721. The van der Waals surface area contributed by atoms with Gasteiger partial charge >= 0.3 is 12.0 Å². The Morgan fingerprint density at radius 3 is 2.43 bits per heavy atom. The highest BCUT2D eigenvalue weighted by Crippen LogP contribution is 2.11. The minimum atomic E-state index is -1.10. The van der Waals surface area contributed by atoms with Gasteiger partial charge < -0.3 is 25.7 Å². The molecule has 1 aromatic carbocycles. The van der Waals surface area contributed by atoms with Gasteiger partial charge in [-0.2, -0.15) is 0 Å². The van der Waals surface area contributed by atoms with Gasteiger partial charge in [0.05, 0.1) is 0 Å². The molecule has 4 N–H and O–H groups in total. The second kappa shape index (κ2) is 8.11.